The Bertz CT molecular complexity index is 689. The van der Waals surface area contributed by atoms with Gasteiger partial charge in [-0.2, -0.15) is 5.10 Å². The summed E-state index contributed by atoms with van der Waals surface area (Å²) in [5.41, 5.74) is 2.51. The Morgan fingerprint density at radius 3 is 2.61 bits per heavy atom. The molecular weight excluding hydrogens is 290 g/mol. The van der Waals surface area contributed by atoms with Gasteiger partial charge in [0.1, 0.15) is 6.54 Å². The molecule has 0 radical (unpaired) electrons. The summed E-state index contributed by atoms with van der Waals surface area (Å²) < 4.78 is 1.92. The monoisotopic (exact) mass is 311 g/mol. The van der Waals surface area contributed by atoms with Gasteiger partial charge >= 0.3 is 0 Å². The van der Waals surface area contributed by atoms with E-state index in [2.05, 4.69) is 21.2 Å². The lowest BCUT2D eigenvalue weighted by atomic mass is 10.2. The van der Waals surface area contributed by atoms with Crippen LogP contribution in [0.2, 0.25) is 0 Å². The fourth-order valence-corrected chi connectivity index (χ4v) is 3.39. The lowest BCUT2D eigenvalue weighted by Crippen LogP contribution is -2.49. The highest BCUT2D eigenvalue weighted by atomic mass is 16.2. The van der Waals surface area contributed by atoms with Gasteiger partial charge in [-0.15, -0.1) is 5.10 Å². The summed E-state index contributed by atoms with van der Waals surface area (Å²) in [5.74, 6) is 1.14. The Balaban J connectivity index is 1.36. The van der Waals surface area contributed by atoms with Crippen molar-refractivity contribution in [2.75, 3.05) is 31.1 Å². The van der Waals surface area contributed by atoms with E-state index in [0.717, 1.165) is 50.5 Å². The Morgan fingerprint density at radius 2 is 1.83 bits per heavy atom. The highest BCUT2D eigenvalue weighted by molar-refractivity contribution is 5.76. The second-order valence-electron chi connectivity index (χ2n) is 6.25. The van der Waals surface area contributed by atoms with Gasteiger partial charge in [0.15, 0.2) is 5.82 Å². The lowest BCUT2D eigenvalue weighted by molar-refractivity contribution is -0.132. The van der Waals surface area contributed by atoms with Crippen LogP contribution >= 0.6 is 0 Å². The van der Waals surface area contributed by atoms with Crippen molar-refractivity contribution in [2.45, 2.75) is 25.8 Å². The molecule has 2 aliphatic rings. The number of aryl methyl sites for hydroxylation is 2. The number of hydrogen-bond acceptors (Lipinski definition) is 4. The van der Waals surface area contributed by atoms with Crippen molar-refractivity contribution in [1.82, 2.24) is 19.7 Å². The lowest BCUT2D eigenvalue weighted by Gasteiger charge is -2.35. The van der Waals surface area contributed by atoms with Gasteiger partial charge < -0.3 is 14.4 Å². The van der Waals surface area contributed by atoms with Gasteiger partial charge in [-0.25, -0.2) is 0 Å². The minimum absolute atomic E-state index is 0.181. The normalized spacial score (nSPS) is 17.4. The number of amides is 1. The first-order valence-electron chi connectivity index (χ1n) is 8.28. The fourth-order valence-electron chi connectivity index (χ4n) is 3.39. The Morgan fingerprint density at radius 1 is 1.04 bits per heavy atom. The summed E-state index contributed by atoms with van der Waals surface area (Å²) in [5, 5.41) is 8.74. The molecule has 0 aromatic carbocycles. The predicted molar refractivity (Wildman–Crippen MR) is 87.3 cm³/mol. The molecule has 1 aliphatic carbocycles. The van der Waals surface area contributed by atoms with E-state index in [1.165, 1.54) is 12.0 Å². The third-order valence-electron chi connectivity index (χ3n) is 4.75. The number of fused-ring (bicyclic) bond motifs is 1. The maximum absolute atomic E-state index is 12.3. The number of nitrogens with zero attached hydrogens (tertiary/aromatic N) is 5. The molecule has 2 aromatic rings. The van der Waals surface area contributed by atoms with Gasteiger partial charge in [0, 0.05) is 38.6 Å². The summed E-state index contributed by atoms with van der Waals surface area (Å²) in [6.07, 6.45) is 7.22. The number of anilines is 1. The van der Waals surface area contributed by atoms with Crippen LogP contribution in [-0.4, -0.2) is 51.8 Å². The largest absolute Gasteiger partial charge is 0.352 e. The van der Waals surface area contributed by atoms with Crippen LogP contribution in [0.4, 0.5) is 5.82 Å². The summed E-state index contributed by atoms with van der Waals surface area (Å²) in [6, 6.07) is 6.07. The van der Waals surface area contributed by atoms with Crippen molar-refractivity contribution >= 4 is 11.7 Å². The quantitative estimate of drug-likeness (QED) is 0.852. The number of carbonyl (C=O) groups is 1. The third kappa shape index (κ3) is 2.93. The van der Waals surface area contributed by atoms with Crippen LogP contribution in [0.1, 0.15) is 17.7 Å². The van der Waals surface area contributed by atoms with Crippen LogP contribution in [0.25, 0.3) is 0 Å². The maximum atomic E-state index is 12.3. The van der Waals surface area contributed by atoms with Crippen LogP contribution in [-0.2, 0) is 24.2 Å². The molecule has 0 saturated carbocycles. The highest BCUT2D eigenvalue weighted by Gasteiger charge is 2.23. The van der Waals surface area contributed by atoms with Crippen LogP contribution in [0.15, 0.2) is 30.6 Å². The van der Waals surface area contributed by atoms with Gasteiger partial charge in [-0.1, -0.05) is 0 Å². The average molecular weight is 311 g/mol. The standard InChI is InChI=1S/C17H21N5O/c23-17(13-20-6-1-2-7-20)22-10-8-21(9-11-22)16-12-14-4-3-5-15(14)18-19-16/h1-2,6-7,12H,3-5,8-11,13H2. The number of aromatic nitrogens is 3. The number of hydrogen-bond donors (Lipinski definition) is 0. The molecule has 0 spiro atoms. The van der Waals surface area contributed by atoms with E-state index < -0.39 is 0 Å². The first kappa shape index (κ1) is 14.2. The summed E-state index contributed by atoms with van der Waals surface area (Å²) in [6.45, 7) is 3.57. The van der Waals surface area contributed by atoms with E-state index in [9.17, 15) is 4.79 Å². The average Bonchev–Trinajstić information content (AvgIpc) is 3.25. The smallest absolute Gasteiger partial charge is 0.242 e. The van der Waals surface area contributed by atoms with E-state index in [-0.39, 0.29) is 5.91 Å². The van der Waals surface area contributed by atoms with Crippen LogP contribution in [0.3, 0.4) is 0 Å². The van der Waals surface area contributed by atoms with E-state index in [1.54, 1.807) is 0 Å². The van der Waals surface area contributed by atoms with E-state index >= 15 is 0 Å². The van der Waals surface area contributed by atoms with Crippen molar-refractivity contribution in [2.24, 2.45) is 0 Å². The molecule has 1 fully saturated rings. The minimum Gasteiger partial charge on any atom is -0.352 e. The molecule has 0 bridgehead atoms. The Labute approximate surface area is 135 Å². The van der Waals surface area contributed by atoms with Crippen LogP contribution in [0, 0.1) is 0 Å². The first-order valence-corrected chi connectivity index (χ1v) is 8.28. The number of carbonyl (C=O) groups excluding carboxylic acids is 1. The van der Waals surface area contributed by atoms with Crippen molar-refractivity contribution in [3.8, 4) is 0 Å². The first-order chi connectivity index (χ1) is 11.3. The molecule has 4 rings (SSSR count). The molecule has 3 heterocycles. The summed E-state index contributed by atoms with van der Waals surface area (Å²) in [4.78, 5) is 16.5. The van der Waals surface area contributed by atoms with E-state index in [1.807, 2.05) is 34.0 Å². The zero-order valence-corrected chi connectivity index (χ0v) is 13.2. The molecule has 0 N–H and O–H groups in total. The Kier molecular flexibility index (Phi) is 3.73. The molecule has 0 atom stereocenters. The second-order valence-corrected chi connectivity index (χ2v) is 6.25. The molecule has 6 heteroatoms. The van der Waals surface area contributed by atoms with Crippen molar-refractivity contribution < 1.29 is 4.79 Å². The van der Waals surface area contributed by atoms with Gasteiger partial charge in [0.2, 0.25) is 5.91 Å². The van der Waals surface area contributed by atoms with E-state index in [0.29, 0.717) is 6.54 Å². The molecule has 2 aromatic heterocycles. The molecule has 23 heavy (non-hydrogen) atoms. The fraction of sp³-hybridized carbons (Fsp3) is 0.471. The van der Waals surface area contributed by atoms with Gasteiger partial charge in [-0.05, 0) is 43.0 Å². The van der Waals surface area contributed by atoms with Crippen LogP contribution in [0.5, 0.6) is 0 Å². The SMILES string of the molecule is O=C(Cn1cccc1)N1CCN(c2cc3c(nn2)CCC3)CC1. The second kappa shape index (κ2) is 6.02. The van der Waals surface area contributed by atoms with Crippen molar-refractivity contribution in [3.05, 3.63) is 41.9 Å². The molecule has 1 saturated heterocycles. The minimum atomic E-state index is 0.181. The Hall–Kier alpha value is -2.37. The predicted octanol–water partition coefficient (Wildman–Crippen LogP) is 1.12. The van der Waals surface area contributed by atoms with Crippen molar-refractivity contribution in [3.63, 3.8) is 0 Å². The molecular formula is C17H21N5O. The molecule has 1 aliphatic heterocycles. The summed E-state index contributed by atoms with van der Waals surface area (Å²) >= 11 is 0. The molecule has 1 amide bonds. The molecule has 120 valence electrons. The zero-order valence-electron chi connectivity index (χ0n) is 13.2. The van der Waals surface area contributed by atoms with Crippen LogP contribution < -0.4 is 4.90 Å². The molecule has 6 nitrogen and oxygen atoms in total. The van der Waals surface area contributed by atoms with Gasteiger partial charge in [-0.3, -0.25) is 4.79 Å². The number of rotatable bonds is 3. The van der Waals surface area contributed by atoms with Crippen molar-refractivity contribution in [1.29, 1.82) is 0 Å². The topological polar surface area (TPSA) is 54.3 Å². The van der Waals surface area contributed by atoms with Gasteiger partial charge in [0.25, 0.3) is 0 Å². The maximum Gasteiger partial charge on any atom is 0.242 e. The van der Waals surface area contributed by atoms with Gasteiger partial charge in [0.05, 0.1) is 5.69 Å². The summed E-state index contributed by atoms with van der Waals surface area (Å²) in [7, 11) is 0. The highest BCUT2D eigenvalue weighted by Crippen LogP contribution is 2.23. The third-order valence-corrected chi connectivity index (χ3v) is 4.75. The number of piperazine rings is 1. The van der Waals surface area contributed by atoms with E-state index in [4.69, 9.17) is 0 Å². The zero-order chi connectivity index (χ0) is 15.6. The molecule has 0 unspecified atom stereocenters.